The van der Waals surface area contributed by atoms with Crippen LogP contribution in [0.3, 0.4) is 0 Å². The van der Waals surface area contributed by atoms with Crippen molar-refractivity contribution >= 4 is 27.5 Å². The number of anilines is 1. The molecule has 1 atom stereocenters. The second-order valence-corrected chi connectivity index (χ2v) is 10.8. The number of rotatable bonds is 11. The van der Waals surface area contributed by atoms with E-state index in [0.717, 1.165) is 45.7 Å². The number of amides is 2. The SMILES string of the molecule is CCCCNC(=O)C(C)N(Cc1cccc(C)c1)C(=O)CN(c1cc(C)ccc1C)S(C)(=O)=O. The number of carbonyl (C=O) groups is 2. The first-order valence-electron chi connectivity index (χ1n) is 11.6. The van der Waals surface area contributed by atoms with E-state index in [4.69, 9.17) is 0 Å². The summed E-state index contributed by atoms with van der Waals surface area (Å²) in [4.78, 5) is 27.9. The zero-order chi connectivity index (χ0) is 25.5. The highest BCUT2D eigenvalue weighted by atomic mass is 32.2. The summed E-state index contributed by atoms with van der Waals surface area (Å²) >= 11 is 0. The molecular weight excluding hydrogens is 450 g/mol. The Morgan fingerprint density at radius 2 is 1.71 bits per heavy atom. The van der Waals surface area contributed by atoms with Gasteiger partial charge < -0.3 is 10.2 Å². The molecule has 1 N–H and O–H groups in total. The fraction of sp³-hybridized carbons (Fsp3) is 0.462. The average molecular weight is 488 g/mol. The van der Waals surface area contributed by atoms with Crippen LogP contribution in [0.2, 0.25) is 0 Å². The molecule has 34 heavy (non-hydrogen) atoms. The zero-order valence-electron chi connectivity index (χ0n) is 21.1. The number of carbonyl (C=O) groups excluding carboxylic acids is 2. The van der Waals surface area contributed by atoms with E-state index in [1.54, 1.807) is 13.0 Å². The van der Waals surface area contributed by atoms with Crippen LogP contribution >= 0.6 is 0 Å². The molecule has 0 bridgehead atoms. The highest BCUT2D eigenvalue weighted by Gasteiger charge is 2.30. The van der Waals surface area contributed by atoms with Crippen LogP contribution in [0, 0.1) is 20.8 Å². The number of aryl methyl sites for hydroxylation is 3. The number of nitrogens with one attached hydrogen (secondary N) is 1. The molecule has 0 heterocycles. The maximum atomic E-state index is 13.6. The third-order valence-electron chi connectivity index (χ3n) is 5.74. The fourth-order valence-corrected chi connectivity index (χ4v) is 4.61. The molecule has 2 aromatic carbocycles. The lowest BCUT2D eigenvalue weighted by molar-refractivity contribution is -0.139. The van der Waals surface area contributed by atoms with Crippen LogP contribution in [0.4, 0.5) is 5.69 Å². The van der Waals surface area contributed by atoms with Crippen molar-refractivity contribution in [3.63, 3.8) is 0 Å². The van der Waals surface area contributed by atoms with E-state index in [1.807, 2.05) is 64.1 Å². The lowest BCUT2D eigenvalue weighted by Crippen LogP contribution is -2.51. The van der Waals surface area contributed by atoms with Crippen LogP contribution in [0.25, 0.3) is 0 Å². The summed E-state index contributed by atoms with van der Waals surface area (Å²) in [6.07, 6.45) is 2.88. The van der Waals surface area contributed by atoms with E-state index < -0.39 is 22.0 Å². The van der Waals surface area contributed by atoms with E-state index in [-0.39, 0.29) is 19.0 Å². The number of benzene rings is 2. The molecule has 0 saturated carbocycles. The van der Waals surface area contributed by atoms with Crippen LogP contribution < -0.4 is 9.62 Å². The van der Waals surface area contributed by atoms with Crippen LogP contribution in [0.15, 0.2) is 42.5 Å². The van der Waals surface area contributed by atoms with Crippen LogP contribution in [0.5, 0.6) is 0 Å². The smallest absolute Gasteiger partial charge is 0.244 e. The molecule has 7 nitrogen and oxygen atoms in total. The van der Waals surface area contributed by atoms with Gasteiger partial charge in [0.1, 0.15) is 12.6 Å². The van der Waals surface area contributed by atoms with Gasteiger partial charge >= 0.3 is 0 Å². The van der Waals surface area contributed by atoms with Gasteiger partial charge in [0.05, 0.1) is 11.9 Å². The number of hydrogen-bond donors (Lipinski definition) is 1. The Morgan fingerprint density at radius 1 is 1.03 bits per heavy atom. The Morgan fingerprint density at radius 3 is 2.32 bits per heavy atom. The molecule has 0 aliphatic rings. The molecule has 0 spiro atoms. The van der Waals surface area contributed by atoms with E-state index in [0.29, 0.717) is 12.2 Å². The minimum atomic E-state index is -3.74. The molecule has 0 radical (unpaired) electrons. The third kappa shape index (κ3) is 7.58. The lowest BCUT2D eigenvalue weighted by Gasteiger charge is -2.32. The lowest BCUT2D eigenvalue weighted by atomic mass is 10.1. The summed E-state index contributed by atoms with van der Waals surface area (Å²) in [7, 11) is -3.74. The monoisotopic (exact) mass is 487 g/mol. The summed E-state index contributed by atoms with van der Waals surface area (Å²) < 4.78 is 26.5. The van der Waals surface area contributed by atoms with Gasteiger partial charge in [-0.1, -0.05) is 55.3 Å². The number of unbranched alkanes of at least 4 members (excludes halogenated alkanes) is 1. The molecule has 0 aromatic heterocycles. The van der Waals surface area contributed by atoms with E-state index in [9.17, 15) is 18.0 Å². The molecular formula is C26H37N3O4S. The van der Waals surface area contributed by atoms with E-state index in [2.05, 4.69) is 5.32 Å². The molecule has 8 heteroatoms. The molecule has 0 saturated heterocycles. The van der Waals surface area contributed by atoms with Gasteiger partial charge in [0.2, 0.25) is 21.8 Å². The number of hydrogen-bond acceptors (Lipinski definition) is 4. The van der Waals surface area contributed by atoms with Crippen LogP contribution in [-0.4, -0.2) is 50.5 Å². The summed E-state index contributed by atoms with van der Waals surface area (Å²) in [6.45, 7) is 9.71. The minimum Gasteiger partial charge on any atom is -0.354 e. The first kappa shape index (κ1) is 27.4. The van der Waals surface area contributed by atoms with E-state index >= 15 is 0 Å². The van der Waals surface area contributed by atoms with Gasteiger partial charge in [0.25, 0.3) is 0 Å². The molecule has 0 aliphatic heterocycles. The van der Waals surface area contributed by atoms with Gasteiger partial charge in [-0.05, 0) is 56.9 Å². The van der Waals surface area contributed by atoms with Gasteiger partial charge in [-0.15, -0.1) is 0 Å². The number of sulfonamides is 1. The Bertz CT molecular complexity index is 1110. The molecule has 2 rings (SSSR count). The topological polar surface area (TPSA) is 86.8 Å². The maximum absolute atomic E-state index is 13.6. The Balaban J connectivity index is 2.39. The molecule has 2 amide bonds. The Kier molecular flexibility index (Phi) is 9.67. The second-order valence-electron chi connectivity index (χ2n) is 8.89. The predicted octanol–water partition coefficient (Wildman–Crippen LogP) is 3.71. The largest absolute Gasteiger partial charge is 0.354 e. The average Bonchev–Trinajstić information content (AvgIpc) is 2.76. The standard InChI is InChI=1S/C26H37N3O4S/c1-7-8-14-27-26(31)22(5)28(17-23-11-9-10-19(2)15-23)25(30)18-29(34(6,32)33)24-16-20(3)12-13-21(24)4/h9-13,15-16,22H,7-8,14,17-18H2,1-6H3,(H,27,31). The van der Waals surface area contributed by atoms with Crippen molar-refractivity contribution < 1.29 is 18.0 Å². The highest BCUT2D eigenvalue weighted by molar-refractivity contribution is 7.92. The van der Waals surface area contributed by atoms with Crippen molar-refractivity contribution in [3.8, 4) is 0 Å². The molecule has 1 unspecified atom stereocenters. The van der Waals surface area contributed by atoms with Crippen molar-refractivity contribution in [3.05, 3.63) is 64.7 Å². The molecule has 2 aromatic rings. The van der Waals surface area contributed by atoms with Gasteiger partial charge in [0, 0.05) is 13.1 Å². The quantitative estimate of drug-likeness (QED) is 0.490. The van der Waals surface area contributed by atoms with E-state index in [1.165, 1.54) is 4.90 Å². The first-order valence-corrected chi connectivity index (χ1v) is 13.5. The summed E-state index contributed by atoms with van der Waals surface area (Å²) in [5.41, 5.74) is 4.02. The summed E-state index contributed by atoms with van der Waals surface area (Å²) in [5, 5.41) is 2.88. The number of nitrogens with zero attached hydrogens (tertiary/aromatic N) is 2. The van der Waals surface area contributed by atoms with Crippen molar-refractivity contribution in [2.75, 3.05) is 23.7 Å². The Labute approximate surface area is 204 Å². The maximum Gasteiger partial charge on any atom is 0.244 e. The van der Waals surface area contributed by atoms with Crippen molar-refractivity contribution in [2.24, 2.45) is 0 Å². The summed E-state index contributed by atoms with van der Waals surface area (Å²) in [5.74, 6) is -0.696. The normalized spacial score (nSPS) is 12.2. The van der Waals surface area contributed by atoms with Crippen molar-refractivity contribution in [1.29, 1.82) is 0 Å². The van der Waals surface area contributed by atoms with Gasteiger partial charge in [-0.2, -0.15) is 0 Å². The Hall–Kier alpha value is -2.87. The second kappa shape index (κ2) is 12.0. The molecule has 0 aliphatic carbocycles. The summed E-state index contributed by atoms with van der Waals surface area (Å²) in [6, 6.07) is 12.4. The van der Waals surface area contributed by atoms with Gasteiger partial charge in [0.15, 0.2) is 0 Å². The zero-order valence-corrected chi connectivity index (χ0v) is 21.9. The first-order chi connectivity index (χ1) is 15.9. The van der Waals surface area contributed by atoms with Crippen LogP contribution in [-0.2, 0) is 26.2 Å². The molecule has 0 fully saturated rings. The predicted molar refractivity (Wildman–Crippen MR) is 137 cm³/mol. The fourth-order valence-electron chi connectivity index (χ4n) is 3.71. The van der Waals surface area contributed by atoms with Crippen LogP contribution in [0.1, 0.15) is 48.9 Å². The third-order valence-corrected chi connectivity index (χ3v) is 6.87. The molecule has 186 valence electrons. The van der Waals surface area contributed by atoms with Crippen molar-refractivity contribution in [1.82, 2.24) is 10.2 Å². The van der Waals surface area contributed by atoms with Crippen molar-refractivity contribution in [2.45, 2.75) is 60.0 Å². The minimum absolute atomic E-state index is 0.202. The van der Waals surface area contributed by atoms with Gasteiger partial charge in [-0.3, -0.25) is 13.9 Å². The highest BCUT2D eigenvalue weighted by Crippen LogP contribution is 2.24. The van der Waals surface area contributed by atoms with Gasteiger partial charge in [-0.25, -0.2) is 8.42 Å².